The number of hydrogen-bond donors (Lipinski definition) is 1. The largest absolute Gasteiger partial charge is 0.504 e. The Balaban J connectivity index is 2.09. The van der Waals surface area contributed by atoms with E-state index >= 15 is 0 Å². The fourth-order valence-corrected chi connectivity index (χ4v) is 5.08. The van der Waals surface area contributed by atoms with Crippen molar-refractivity contribution in [3.63, 3.8) is 0 Å². The third-order valence-electron chi connectivity index (χ3n) is 5.69. The summed E-state index contributed by atoms with van der Waals surface area (Å²) in [6, 6.07) is 10.2. The molecule has 0 radical (unpaired) electrons. The van der Waals surface area contributed by atoms with Crippen LogP contribution in [-0.2, 0) is 4.57 Å². The second-order valence-electron chi connectivity index (χ2n) is 7.23. The summed E-state index contributed by atoms with van der Waals surface area (Å²) < 4.78 is 18.7. The molecule has 5 heteroatoms. The number of aromatic hydroxyl groups is 1. The van der Waals surface area contributed by atoms with E-state index in [9.17, 15) is 9.67 Å². The van der Waals surface area contributed by atoms with Crippen LogP contribution in [0.1, 0.15) is 46.0 Å². The summed E-state index contributed by atoms with van der Waals surface area (Å²) in [7, 11) is -0.646. The van der Waals surface area contributed by atoms with E-state index in [0.29, 0.717) is 24.1 Å². The van der Waals surface area contributed by atoms with Gasteiger partial charge in [0.05, 0.1) is 0 Å². The first-order valence-corrected chi connectivity index (χ1v) is 11.7. The molecular weight excluding hydrogens is 345 g/mol. The Kier molecular flexibility index (Phi) is 5.82. The van der Waals surface area contributed by atoms with Crippen molar-refractivity contribution in [3.05, 3.63) is 30.3 Å². The molecular formula is C21H30NO3P. The third-order valence-corrected chi connectivity index (χ3v) is 8.15. The molecule has 1 fully saturated rings. The number of hydrogen-bond acceptors (Lipinski definition) is 4. The van der Waals surface area contributed by atoms with E-state index in [1.165, 1.54) is 32.1 Å². The van der Waals surface area contributed by atoms with Crippen molar-refractivity contribution in [1.82, 2.24) is 0 Å². The number of rotatable bonds is 6. The molecule has 0 bridgehead atoms. The van der Waals surface area contributed by atoms with Gasteiger partial charge in [-0.05, 0) is 12.8 Å². The molecule has 0 saturated heterocycles. The molecule has 4 nitrogen and oxygen atoms in total. The summed E-state index contributed by atoms with van der Waals surface area (Å²) in [5.41, 5.74) is 1.04. The number of benzene rings is 2. The number of phenolic OH excluding ortho intramolecular Hbond substituents is 1. The number of phenols is 1. The Morgan fingerprint density at radius 1 is 1.12 bits per heavy atom. The molecule has 0 unspecified atom stereocenters. The zero-order chi connectivity index (χ0) is 18.7. The summed E-state index contributed by atoms with van der Waals surface area (Å²) in [5, 5.41) is 12.5. The Morgan fingerprint density at radius 2 is 1.73 bits per heavy atom. The van der Waals surface area contributed by atoms with Gasteiger partial charge >= 0.3 is 0 Å². The lowest BCUT2D eigenvalue weighted by atomic mass is 9.93. The van der Waals surface area contributed by atoms with Gasteiger partial charge in [0.15, 0.2) is 11.5 Å². The highest BCUT2D eigenvalue weighted by Crippen LogP contribution is 2.51. The van der Waals surface area contributed by atoms with E-state index in [0.717, 1.165) is 16.5 Å². The van der Waals surface area contributed by atoms with Gasteiger partial charge in [-0.3, -0.25) is 4.57 Å². The average Bonchev–Trinajstić information content (AvgIpc) is 2.70. The second kappa shape index (κ2) is 7.92. The number of nitrogens with zero attached hydrogens (tertiary/aromatic N) is 1. The molecule has 1 saturated carbocycles. The van der Waals surface area contributed by atoms with Crippen LogP contribution in [0.15, 0.2) is 30.3 Å². The summed E-state index contributed by atoms with van der Waals surface area (Å²) in [5.74, 6) is 0.428. The molecule has 1 aliphatic carbocycles. The first-order valence-electron chi connectivity index (χ1n) is 9.74. The van der Waals surface area contributed by atoms with Crippen LogP contribution in [-0.4, -0.2) is 30.5 Å². The van der Waals surface area contributed by atoms with Gasteiger partial charge in [-0.1, -0.05) is 57.4 Å². The van der Waals surface area contributed by atoms with E-state index in [2.05, 4.69) is 11.9 Å². The summed E-state index contributed by atoms with van der Waals surface area (Å²) in [4.78, 5) is 2.32. The standard InChI is InChI=1S/C21H30NO3P/c1-4-26(24,5-2)25-20-15-19(22(3)16-11-7-6-8-12-16)17-13-9-10-14-18(17)21(20)23/h9-10,13-16,23H,4-8,11-12H2,1-3H3. The molecule has 142 valence electrons. The Hall–Kier alpha value is -1.67. The van der Waals surface area contributed by atoms with Crippen LogP contribution in [0.3, 0.4) is 0 Å². The lowest BCUT2D eigenvalue weighted by molar-refractivity contribution is 0.424. The summed E-state index contributed by atoms with van der Waals surface area (Å²) >= 11 is 0. The van der Waals surface area contributed by atoms with Gasteiger partial charge in [0, 0.05) is 47.9 Å². The predicted octanol–water partition coefficient (Wildman–Crippen LogP) is 6.01. The van der Waals surface area contributed by atoms with E-state index in [4.69, 9.17) is 4.52 Å². The summed E-state index contributed by atoms with van der Waals surface area (Å²) in [6.45, 7) is 3.74. The SMILES string of the molecule is CCP(=O)(CC)Oc1cc(N(C)C2CCCCC2)c2ccccc2c1O. The third kappa shape index (κ3) is 3.71. The molecule has 2 aromatic carbocycles. The van der Waals surface area contributed by atoms with Gasteiger partial charge in [-0.15, -0.1) is 0 Å². The quantitative estimate of drug-likeness (QED) is 0.628. The molecule has 3 rings (SSSR count). The van der Waals surface area contributed by atoms with Crippen molar-refractivity contribution in [2.75, 3.05) is 24.3 Å². The highest BCUT2D eigenvalue weighted by molar-refractivity contribution is 7.59. The maximum atomic E-state index is 12.8. The van der Waals surface area contributed by atoms with Crippen LogP contribution >= 0.6 is 7.37 Å². The van der Waals surface area contributed by atoms with Crippen molar-refractivity contribution in [1.29, 1.82) is 0 Å². The number of fused-ring (bicyclic) bond motifs is 1. The Labute approximate surface area is 156 Å². The molecule has 0 aromatic heterocycles. The van der Waals surface area contributed by atoms with Crippen molar-refractivity contribution in [3.8, 4) is 11.5 Å². The normalized spacial score (nSPS) is 16.0. The molecule has 0 heterocycles. The zero-order valence-electron chi connectivity index (χ0n) is 16.1. The molecule has 1 N–H and O–H groups in total. The van der Waals surface area contributed by atoms with Crippen LogP contribution in [0.4, 0.5) is 5.69 Å². The first kappa shape index (κ1) is 19.1. The molecule has 26 heavy (non-hydrogen) atoms. The van der Waals surface area contributed by atoms with Crippen LogP contribution < -0.4 is 9.42 Å². The van der Waals surface area contributed by atoms with E-state index in [1.54, 1.807) is 0 Å². The number of anilines is 1. The maximum absolute atomic E-state index is 12.8. The lowest BCUT2D eigenvalue weighted by Crippen LogP contribution is -2.33. The van der Waals surface area contributed by atoms with Gasteiger partial charge < -0.3 is 14.5 Å². The lowest BCUT2D eigenvalue weighted by Gasteiger charge is -2.34. The van der Waals surface area contributed by atoms with Crippen molar-refractivity contribution < 1.29 is 14.2 Å². The minimum absolute atomic E-state index is 0.0866. The Morgan fingerprint density at radius 3 is 2.35 bits per heavy atom. The van der Waals surface area contributed by atoms with Crippen molar-refractivity contribution in [2.45, 2.75) is 52.0 Å². The van der Waals surface area contributed by atoms with Gasteiger partial charge in [0.1, 0.15) is 0 Å². The zero-order valence-corrected chi connectivity index (χ0v) is 17.0. The van der Waals surface area contributed by atoms with Gasteiger partial charge in [-0.25, -0.2) is 0 Å². The van der Waals surface area contributed by atoms with Crippen molar-refractivity contribution in [2.24, 2.45) is 0 Å². The van der Waals surface area contributed by atoms with Crippen molar-refractivity contribution >= 4 is 23.8 Å². The van der Waals surface area contributed by atoms with E-state index in [-0.39, 0.29) is 5.75 Å². The van der Waals surface area contributed by atoms with E-state index in [1.807, 2.05) is 44.2 Å². The minimum Gasteiger partial charge on any atom is -0.504 e. The Bertz CT molecular complexity index is 806. The van der Waals surface area contributed by atoms with Gasteiger partial charge in [-0.2, -0.15) is 0 Å². The fourth-order valence-electron chi connectivity index (χ4n) is 3.87. The molecule has 2 aromatic rings. The predicted molar refractivity (Wildman–Crippen MR) is 110 cm³/mol. The molecule has 0 spiro atoms. The van der Waals surface area contributed by atoms with Gasteiger partial charge in [0.25, 0.3) is 0 Å². The van der Waals surface area contributed by atoms with Crippen LogP contribution in [0, 0.1) is 0 Å². The van der Waals surface area contributed by atoms with Crippen LogP contribution in [0.2, 0.25) is 0 Å². The monoisotopic (exact) mass is 375 g/mol. The second-order valence-corrected chi connectivity index (χ2v) is 10.3. The average molecular weight is 375 g/mol. The highest BCUT2D eigenvalue weighted by Gasteiger charge is 2.25. The molecule has 0 aliphatic heterocycles. The van der Waals surface area contributed by atoms with Gasteiger partial charge in [0.2, 0.25) is 7.37 Å². The molecule has 0 atom stereocenters. The first-order chi connectivity index (χ1) is 12.5. The maximum Gasteiger partial charge on any atom is 0.247 e. The molecule has 1 aliphatic rings. The smallest absolute Gasteiger partial charge is 0.247 e. The summed E-state index contributed by atoms with van der Waals surface area (Å²) in [6.07, 6.45) is 7.12. The fraction of sp³-hybridized carbons (Fsp3) is 0.524. The molecule has 0 amide bonds. The topological polar surface area (TPSA) is 49.8 Å². The van der Waals surface area contributed by atoms with Crippen LogP contribution in [0.25, 0.3) is 10.8 Å². The minimum atomic E-state index is -2.77. The highest BCUT2D eigenvalue weighted by atomic mass is 31.2. The van der Waals surface area contributed by atoms with Crippen LogP contribution in [0.5, 0.6) is 11.5 Å². The van der Waals surface area contributed by atoms with E-state index < -0.39 is 7.37 Å².